The van der Waals surface area contributed by atoms with Gasteiger partial charge in [-0.2, -0.15) is 0 Å². The second kappa shape index (κ2) is 9.23. The molecule has 0 aliphatic rings. The topological polar surface area (TPSA) is 110 Å². The van der Waals surface area contributed by atoms with Crippen molar-refractivity contribution >= 4 is 33.2 Å². The van der Waals surface area contributed by atoms with E-state index in [1.54, 1.807) is 37.3 Å². The summed E-state index contributed by atoms with van der Waals surface area (Å²) in [5.74, 6) is -1.30. The maximum Gasteiger partial charge on any atom is 0.264 e. The van der Waals surface area contributed by atoms with Crippen LogP contribution < -0.4 is 15.4 Å². The molecule has 0 bridgehead atoms. The van der Waals surface area contributed by atoms with Gasteiger partial charge < -0.3 is 11.1 Å². The van der Waals surface area contributed by atoms with E-state index in [1.165, 1.54) is 24.3 Å². The lowest BCUT2D eigenvalue weighted by molar-refractivity contribution is -0.114. The van der Waals surface area contributed by atoms with E-state index in [0.29, 0.717) is 11.3 Å². The van der Waals surface area contributed by atoms with Crippen molar-refractivity contribution in [3.05, 3.63) is 89.0 Å². The van der Waals surface area contributed by atoms with E-state index in [9.17, 15) is 18.0 Å². The van der Waals surface area contributed by atoms with Gasteiger partial charge in [-0.15, -0.1) is 0 Å². The van der Waals surface area contributed by atoms with Crippen molar-refractivity contribution in [2.24, 2.45) is 5.73 Å². The Bertz CT molecular complexity index is 1270. The van der Waals surface area contributed by atoms with Crippen LogP contribution in [0, 0.1) is 20.8 Å². The van der Waals surface area contributed by atoms with E-state index >= 15 is 0 Å². The number of carbonyl (C=O) groups is 2. The number of hydrogen-bond donors (Lipinski definition) is 2. The largest absolute Gasteiger partial charge is 0.366 e. The Balaban J connectivity index is 2.02. The van der Waals surface area contributed by atoms with Crippen LogP contribution >= 0.6 is 0 Å². The molecular weight excluding hydrogens is 426 g/mol. The summed E-state index contributed by atoms with van der Waals surface area (Å²) in [4.78, 5) is 24.7. The Kier molecular flexibility index (Phi) is 6.64. The molecule has 0 aromatic heterocycles. The third-order valence-electron chi connectivity index (χ3n) is 5.00. The zero-order valence-corrected chi connectivity index (χ0v) is 18.9. The maximum atomic E-state index is 13.5. The molecule has 3 aromatic carbocycles. The number of nitrogens with two attached hydrogens (primary N) is 1. The summed E-state index contributed by atoms with van der Waals surface area (Å²) in [6.45, 7) is 5.02. The molecule has 0 heterocycles. The molecule has 0 aliphatic heterocycles. The fourth-order valence-corrected chi connectivity index (χ4v) is 4.73. The van der Waals surface area contributed by atoms with E-state index in [2.05, 4.69) is 5.32 Å². The third kappa shape index (κ3) is 4.97. The lowest BCUT2D eigenvalue weighted by Crippen LogP contribution is -2.38. The molecule has 3 N–H and O–H groups in total. The normalized spacial score (nSPS) is 11.1. The minimum Gasteiger partial charge on any atom is -0.366 e. The van der Waals surface area contributed by atoms with E-state index in [1.807, 2.05) is 26.0 Å². The molecule has 0 saturated carbocycles. The number of hydrogen-bond acceptors (Lipinski definition) is 4. The maximum absolute atomic E-state index is 13.5. The van der Waals surface area contributed by atoms with Gasteiger partial charge in [-0.1, -0.05) is 42.0 Å². The van der Waals surface area contributed by atoms with Crippen LogP contribution in [0.4, 0.5) is 11.4 Å². The summed E-state index contributed by atoms with van der Waals surface area (Å²) in [6, 6.07) is 18.2. The van der Waals surface area contributed by atoms with Crippen LogP contribution in [-0.2, 0) is 14.8 Å². The summed E-state index contributed by atoms with van der Waals surface area (Å²) in [5, 5.41) is 2.61. The predicted molar refractivity (Wildman–Crippen MR) is 125 cm³/mol. The molecule has 0 radical (unpaired) electrons. The summed E-state index contributed by atoms with van der Waals surface area (Å²) < 4.78 is 28.2. The molecule has 7 nitrogen and oxygen atoms in total. The minimum atomic E-state index is -4.04. The van der Waals surface area contributed by atoms with Crippen molar-refractivity contribution in [1.29, 1.82) is 0 Å². The van der Waals surface area contributed by atoms with Gasteiger partial charge in [0, 0.05) is 0 Å². The highest BCUT2D eigenvalue weighted by molar-refractivity contribution is 7.92. The first-order valence-corrected chi connectivity index (χ1v) is 11.4. The van der Waals surface area contributed by atoms with Crippen LogP contribution in [0.15, 0.2) is 71.6 Å². The Morgan fingerprint density at radius 2 is 1.53 bits per heavy atom. The smallest absolute Gasteiger partial charge is 0.264 e. The number of carbonyl (C=O) groups excluding carboxylic acids is 2. The minimum absolute atomic E-state index is 0.0781. The summed E-state index contributed by atoms with van der Waals surface area (Å²) >= 11 is 0. The summed E-state index contributed by atoms with van der Waals surface area (Å²) in [6.07, 6.45) is 0. The molecule has 0 fully saturated rings. The molecule has 32 heavy (non-hydrogen) atoms. The quantitative estimate of drug-likeness (QED) is 0.572. The van der Waals surface area contributed by atoms with Crippen LogP contribution in [-0.4, -0.2) is 26.8 Å². The number of benzene rings is 3. The molecule has 0 atom stereocenters. The van der Waals surface area contributed by atoms with Crippen LogP contribution in [0.2, 0.25) is 0 Å². The number of sulfonamides is 1. The molecule has 2 amide bonds. The molecule has 166 valence electrons. The fourth-order valence-electron chi connectivity index (χ4n) is 3.25. The molecular formula is C24H25N3O4S. The van der Waals surface area contributed by atoms with E-state index in [0.717, 1.165) is 15.4 Å². The number of nitrogens with zero attached hydrogens (tertiary/aromatic N) is 1. The van der Waals surface area contributed by atoms with Crippen molar-refractivity contribution in [1.82, 2.24) is 0 Å². The Morgan fingerprint density at radius 1 is 0.906 bits per heavy atom. The number of primary amides is 1. The summed E-state index contributed by atoms with van der Waals surface area (Å²) in [7, 11) is -4.04. The van der Waals surface area contributed by atoms with Gasteiger partial charge >= 0.3 is 0 Å². The van der Waals surface area contributed by atoms with Crippen molar-refractivity contribution in [3.63, 3.8) is 0 Å². The zero-order chi connectivity index (χ0) is 23.5. The predicted octanol–water partition coefficient (Wildman–Crippen LogP) is 3.54. The van der Waals surface area contributed by atoms with Crippen LogP contribution in [0.25, 0.3) is 0 Å². The van der Waals surface area contributed by atoms with Crippen molar-refractivity contribution < 1.29 is 18.0 Å². The number of aryl methyl sites for hydroxylation is 3. The van der Waals surface area contributed by atoms with Crippen molar-refractivity contribution in [3.8, 4) is 0 Å². The first kappa shape index (κ1) is 23.0. The second-order valence-corrected chi connectivity index (χ2v) is 9.43. The number of amides is 2. The Hall–Kier alpha value is -3.65. The van der Waals surface area contributed by atoms with Crippen LogP contribution in [0.5, 0.6) is 0 Å². The highest BCUT2D eigenvalue weighted by atomic mass is 32.2. The Labute approximate surface area is 187 Å². The lowest BCUT2D eigenvalue weighted by atomic mass is 10.1. The third-order valence-corrected chi connectivity index (χ3v) is 6.77. The Morgan fingerprint density at radius 3 is 2.19 bits per heavy atom. The molecule has 0 unspecified atom stereocenters. The lowest BCUT2D eigenvalue weighted by Gasteiger charge is -2.26. The van der Waals surface area contributed by atoms with Gasteiger partial charge in [0.1, 0.15) is 6.54 Å². The number of nitrogens with one attached hydrogen (secondary N) is 1. The van der Waals surface area contributed by atoms with Gasteiger partial charge in [-0.25, -0.2) is 8.42 Å². The van der Waals surface area contributed by atoms with Gasteiger partial charge in [0.2, 0.25) is 5.91 Å². The van der Waals surface area contributed by atoms with Gasteiger partial charge in [0.05, 0.1) is 21.8 Å². The fraction of sp³-hybridized carbons (Fsp3) is 0.167. The summed E-state index contributed by atoms with van der Waals surface area (Å²) in [5.41, 5.74) is 8.63. The standard InChI is InChI=1S/C24H25N3O4S/c1-16-9-12-19(13-10-16)32(30,31)27(22-14-17(2)8-11-18(22)3)15-23(28)26-21-7-5-4-6-20(21)24(25)29/h4-14H,15H2,1-3H3,(H2,25,29)(H,26,28). The number of rotatable bonds is 7. The first-order valence-electron chi connectivity index (χ1n) is 9.95. The van der Waals surface area contributed by atoms with Gasteiger partial charge in [-0.05, 0) is 62.2 Å². The average Bonchev–Trinajstić information content (AvgIpc) is 2.74. The second-order valence-electron chi connectivity index (χ2n) is 7.57. The van der Waals surface area contributed by atoms with E-state index < -0.39 is 28.4 Å². The molecule has 3 aromatic rings. The van der Waals surface area contributed by atoms with Crippen LogP contribution in [0.3, 0.4) is 0 Å². The molecule has 0 aliphatic carbocycles. The molecule has 8 heteroatoms. The van der Waals surface area contributed by atoms with E-state index in [-0.39, 0.29) is 16.1 Å². The average molecular weight is 452 g/mol. The van der Waals surface area contributed by atoms with Gasteiger partial charge in [0.15, 0.2) is 0 Å². The number of anilines is 2. The van der Waals surface area contributed by atoms with Crippen LogP contribution in [0.1, 0.15) is 27.0 Å². The number of para-hydroxylation sites is 1. The van der Waals surface area contributed by atoms with Crippen molar-refractivity contribution in [2.75, 3.05) is 16.2 Å². The van der Waals surface area contributed by atoms with Gasteiger partial charge in [-0.3, -0.25) is 13.9 Å². The first-order chi connectivity index (χ1) is 15.1. The monoisotopic (exact) mass is 451 g/mol. The molecule has 0 spiro atoms. The molecule has 0 saturated heterocycles. The zero-order valence-electron chi connectivity index (χ0n) is 18.1. The molecule has 3 rings (SSSR count). The van der Waals surface area contributed by atoms with Gasteiger partial charge in [0.25, 0.3) is 15.9 Å². The highest BCUT2D eigenvalue weighted by Gasteiger charge is 2.28. The highest BCUT2D eigenvalue weighted by Crippen LogP contribution is 2.28. The van der Waals surface area contributed by atoms with E-state index in [4.69, 9.17) is 5.73 Å². The SMILES string of the molecule is Cc1ccc(S(=O)(=O)N(CC(=O)Nc2ccccc2C(N)=O)c2cc(C)ccc2C)cc1. The van der Waals surface area contributed by atoms with Crippen molar-refractivity contribution in [2.45, 2.75) is 25.7 Å².